The SMILES string of the molecule is CCOC1CC1COCCOc1ccccc1C=O. The smallest absolute Gasteiger partial charge is 0.153 e. The number of hydrogen-bond acceptors (Lipinski definition) is 4. The highest BCUT2D eigenvalue weighted by molar-refractivity contribution is 5.79. The Labute approximate surface area is 113 Å². The largest absolute Gasteiger partial charge is 0.490 e. The molecule has 2 unspecified atom stereocenters. The van der Waals surface area contributed by atoms with Gasteiger partial charge < -0.3 is 14.2 Å². The van der Waals surface area contributed by atoms with E-state index >= 15 is 0 Å². The van der Waals surface area contributed by atoms with Crippen LogP contribution < -0.4 is 4.74 Å². The first-order chi connectivity index (χ1) is 9.35. The Hall–Kier alpha value is -1.39. The lowest BCUT2D eigenvalue weighted by Gasteiger charge is -2.08. The van der Waals surface area contributed by atoms with Crippen LogP contribution in [0.5, 0.6) is 5.75 Å². The van der Waals surface area contributed by atoms with E-state index in [1.54, 1.807) is 12.1 Å². The lowest BCUT2D eigenvalue weighted by Crippen LogP contribution is -2.10. The molecule has 0 saturated heterocycles. The first kappa shape index (κ1) is 14.0. The van der Waals surface area contributed by atoms with E-state index < -0.39 is 0 Å². The zero-order chi connectivity index (χ0) is 13.5. The van der Waals surface area contributed by atoms with Crippen molar-refractivity contribution >= 4 is 6.29 Å². The van der Waals surface area contributed by atoms with Crippen LogP contribution in [-0.2, 0) is 9.47 Å². The Morgan fingerprint density at radius 3 is 2.95 bits per heavy atom. The predicted molar refractivity (Wildman–Crippen MR) is 71.7 cm³/mol. The van der Waals surface area contributed by atoms with Gasteiger partial charge in [-0.05, 0) is 25.5 Å². The fourth-order valence-corrected chi connectivity index (χ4v) is 1.97. The van der Waals surface area contributed by atoms with Gasteiger partial charge in [0.05, 0.1) is 24.9 Å². The van der Waals surface area contributed by atoms with Gasteiger partial charge in [-0.1, -0.05) is 12.1 Å². The summed E-state index contributed by atoms with van der Waals surface area (Å²) in [6, 6.07) is 7.18. The van der Waals surface area contributed by atoms with Gasteiger partial charge in [0.25, 0.3) is 0 Å². The van der Waals surface area contributed by atoms with E-state index in [0.29, 0.717) is 36.5 Å². The molecule has 1 aromatic carbocycles. The second-order valence-corrected chi connectivity index (χ2v) is 4.57. The number of hydrogen-bond donors (Lipinski definition) is 0. The third-order valence-corrected chi connectivity index (χ3v) is 3.10. The Morgan fingerprint density at radius 2 is 2.16 bits per heavy atom. The van der Waals surface area contributed by atoms with Gasteiger partial charge >= 0.3 is 0 Å². The molecule has 1 aliphatic rings. The molecule has 1 aliphatic carbocycles. The monoisotopic (exact) mass is 264 g/mol. The molecule has 0 N–H and O–H groups in total. The topological polar surface area (TPSA) is 44.8 Å². The summed E-state index contributed by atoms with van der Waals surface area (Å²) in [5.41, 5.74) is 0.570. The van der Waals surface area contributed by atoms with Crippen molar-refractivity contribution in [3.8, 4) is 5.75 Å². The summed E-state index contributed by atoms with van der Waals surface area (Å²) in [6.45, 7) is 4.49. The maximum atomic E-state index is 10.8. The van der Waals surface area contributed by atoms with Crippen molar-refractivity contribution in [2.75, 3.05) is 26.4 Å². The van der Waals surface area contributed by atoms with Crippen LogP contribution in [0.3, 0.4) is 0 Å². The summed E-state index contributed by atoms with van der Waals surface area (Å²) >= 11 is 0. The normalized spacial score (nSPS) is 21.1. The number of benzene rings is 1. The minimum absolute atomic E-state index is 0.390. The fourth-order valence-electron chi connectivity index (χ4n) is 1.97. The van der Waals surface area contributed by atoms with Crippen molar-refractivity contribution in [2.24, 2.45) is 5.92 Å². The first-order valence-electron chi connectivity index (χ1n) is 6.71. The van der Waals surface area contributed by atoms with E-state index in [2.05, 4.69) is 0 Å². The summed E-state index contributed by atoms with van der Waals surface area (Å²) in [4.78, 5) is 10.8. The summed E-state index contributed by atoms with van der Waals surface area (Å²) in [5, 5.41) is 0. The Morgan fingerprint density at radius 1 is 1.32 bits per heavy atom. The Bertz CT molecular complexity index is 405. The van der Waals surface area contributed by atoms with Crippen LogP contribution in [0.2, 0.25) is 0 Å². The van der Waals surface area contributed by atoms with Crippen LogP contribution in [0.25, 0.3) is 0 Å². The van der Waals surface area contributed by atoms with Crippen molar-refractivity contribution in [1.82, 2.24) is 0 Å². The highest BCUT2D eigenvalue weighted by atomic mass is 16.5. The van der Waals surface area contributed by atoms with E-state index in [-0.39, 0.29) is 0 Å². The third-order valence-electron chi connectivity index (χ3n) is 3.10. The molecule has 4 heteroatoms. The fraction of sp³-hybridized carbons (Fsp3) is 0.533. The molecule has 1 aromatic rings. The number of carbonyl (C=O) groups is 1. The van der Waals surface area contributed by atoms with Gasteiger partial charge in [0, 0.05) is 12.5 Å². The summed E-state index contributed by atoms with van der Waals surface area (Å²) in [5.74, 6) is 1.15. The molecule has 0 radical (unpaired) electrons. The van der Waals surface area contributed by atoms with Gasteiger partial charge in [0.15, 0.2) is 6.29 Å². The zero-order valence-electron chi connectivity index (χ0n) is 11.2. The van der Waals surface area contributed by atoms with Gasteiger partial charge in [-0.25, -0.2) is 0 Å². The molecule has 0 spiro atoms. The number of aldehydes is 1. The van der Waals surface area contributed by atoms with Crippen molar-refractivity contribution in [2.45, 2.75) is 19.4 Å². The minimum Gasteiger partial charge on any atom is -0.490 e. The molecular weight excluding hydrogens is 244 g/mol. The third kappa shape index (κ3) is 4.33. The zero-order valence-corrected chi connectivity index (χ0v) is 11.2. The lowest BCUT2D eigenvalue weighted by molar-refractivity contribution is 0.0661. The van der Waals surface area contributed by atoms with Crippen LogP contribution in [0.4, 0.5) is 0 Å². The molecule has 0 amide bonds. The van der Waals surface area contributed by atoms with Crippen molar-refractivity contribution in [3.05, 3.63) is 29.8 Å². The maximum Gasteiger partial charge on any atom is 0.153 e. The quantitative estimate of drug-likeness (QED) is 0.507. The van der Waals surface area contributed by atoms with Gasteiger partial charge in [-0.3, -0.25) is 4.79 Å². The van der Waals surface area contributed by atoms with Crippen LogP contribution in [0.15, 0.2) is 24.3 Å². The average Bonchev–Trinajstić information content (AvgIpc) is 3.17. The van der Waals surface area contributed by atoms with Crippen LogP contribution in [0, 0.1) is 5.92 Å². The molecular formula is C15H20O4. The van der Waals surface area contributed by atoms with Gasteiger partial charge in [-0.15, -0.1) is 0 Å². The number of rotatable bonds is 9. The first-order valence-corrected chi connectivity index (χ1v) is 6.71. The van der Waals surface area contributed by atoms with Crippen molar-refractivity contribution in [1.29, 1.82) is 0 Å². The van der Waals surface area contributed by atoms with Crippen LogP contribution in [0.1, 0.15) is 23.7 Å². The number of para-hydroxylation sites is 1. The molecule has 19 heavy (non-hydrogen) atoms. The van der Waals surface area contributed by atoms with Crippen molar-refractivity contribution < 1.29 is 19.0 Å². The number of ether oxygens (including phenoxy) is 3. The Kier molecular flexibility index (Phi) is 5.36. The second-order valence-electron chi connectivity index (χ2n) is 4.57. The van der Waals surface area contributed by atoms with Crippen LogP contribution in [-0.4, -0.2) is 38.8 Å². The van der Waals surface area contributed by atoms with E-state index in [9.17, 15) is 4.79 Å². The summed E-state index contributed by atoms with van der Waals surface area (Å²) < 4.78 is 16.5. The van der Waals surface area contributed by atoms with E-state index in [0.717, 1.165) is 25.9 Å². The molecule has 1 saturated carbocycles. The second kappa shape index (κ2) is 7.26. The molecule has 0 heterocycles. The molecule has 0 bridgehead atoms. The molecule has 4 nitrogen and oxygen atoms in total. The molecule has 2 atom stereocenters. The summed E-state index contributed by atoms with van der Waals surface area (Å²) in [6.07, 6.45) is 2.29. The molecule has 2 rings (SSSR count). The average molecular weight is 264 g/mol. The van der Waals surface area contributed by atoms with Crippen molar-refractivity contribution in [3.63, 3.8) is 0 Å². The van der Waals surface area contributed by atoms with Crippen LogP contribution >= 0.6 is 0 Å². The lowest BCUT2D eigenvalue weighted by atomic mass is 10.2. The highest BCUT2D eigenvalue weighted by Gasteiger charge is 2.37. The summed E-state index contributed by atoms with van der Waals surface area (Å²) in [7, 11) is 0. The maximum absolute atomic E-state index is 10.8. The molecule has 0 aromatic heterocycles. The van der Waals surface area contributed by atoms with E-state index in [1.807, 2.05) is 19.1 Å². The van der Waals surface area contributed by atoms with E-state index in [4.69, 9.17) is 14.2 Å². The standard InChI is InChI=1S/C15H20O4/c1-2-18-15-9-13(15)11-17-7-8-19-14-6-4-3-5-12(14)10-16/h3-6,10,13,15H,2,7-9,11H2,1H3. The van der Waals surface area contributed by atoms with Gasteiger partial charge in [0.1, 0.15) is 12.4 Å². The van der Waals surface area contributed by atoms with E-state index in [1.165, 1.54) is 0 Å². The molecule has 104 valence electrons. The number of carbonyl (C=O) groups excluding carboxylic acids is 1. The van der Waals surface area contributed by atoms with Gasteiger partial charge in [0.2, 0.25) is 0 Å². The molecule has 1 fully saturated rings. The minimum atomic E-state index is 0.390. The molecule has 0 aliphatic heterocycles. The predicted octanol–water partition coefficient (Wildman–Crippen LogP) is 2.32. The van der Waals surface area contributed by atoms with Gasteiger partial charge in [-0.2, -0.15) is 0 Å². The Balaban J connectivity index is 1.58. The highest BCUT2D eigenvalue weighted by Crippen LogP contribution is 2.33.